The van der Waals surface area contributed by atoms with Gasteiger partial charge < -0.3 is 15.0 Å². The van der Waals surface area contributed by atoms with E-state index in [9.17, 15) is 21.6 Å². The molecule has 244 valence electrons. The summed E-state index contributed by atoms with van der Waals surface area (Å²) in [7, 11) is -2.48. The van der Waals surface area contributed by atoms with Gasteiger partial charge in [0.2, 0.25) is 10.0 Å². The zero-order chi connectivity index (χ0) is 32.6. The normalized spacial score (nSPS) is 19.6. The van der Waals surface area contributed by atoms with Gasteiger partial charge in [0.25, 0.3) is 15.9 Å². The fraction of sp³-hybridized carbons (Fsp3) is 0.379. The number of amides is 1. The first-order chi connectivity index (χ1) is 22.0. The van der Waals surface area contributed by atoms with Crippen LogP contribution in [0.25, 0.3) is 16.8 Å². The molecule has 0 radical (unpaired) electrons. The molecule has 1 fully saturated rings. The van der Waals surface area contributed by atoms with Crippen LogP contribution in [0.15, 0.2) is 64.3 Å². The first kappa shape index (κ1) is 31.9. The Hall–Kier alpha value is -4.06. The van der Waals surface area contributed by atoms with E-state index in [2.05, 4.69) is 29.9 Å². The Kier molecular flexibility index (Phi) is 8.75. The molecule has 1 aliphatic heterocycles. The van der Waals surface area contributed by atoms with Gasteiger partial charge in [-0.15, -0.1) is 11.3 Å². The maximum atomic E-state index is 13.5. The van der Waals surface area contributed by atoms with Crippen LogP contribution in [0.4, 0.5) is 11.6 Å². The van der Waals surface area contributed by atoms with Crippen molar-refractivity contribution in [1.82, 2.24) is 28.5 Å². The summed E-state index contributed by atoms with van der Waals surface area (Å²) in [5.74, 6) is 0.702. The van der Waals surface area contributed by atoms with Crippen molar-refractivity contribution in [1.29, 1.82) is 0 Å². The Balaban J connectivity index is 1.25. The molecule has 0 unspecified atom stereocenters. The highest BCUT2D eigenvalue weighted by molar-refractivity contribution is 7.91. The largest absolute Gasteiger partial charge is 0.470 e. The van der Waals surface area contributed by atoms with Gasteiger partial charge in [-0.2, -0.15) is 0 Å². The van der Waals surface area contributed by atoms with Crippen molar-refractivity contribution in [3.63, 3.8) is 0 Å². The topological polar surface area (TPSA) is 169 Å². The van der Waals surface area contributed by atoms with E-state index in [0.717, 1.165) is 52.5 Å². The molecule has 17 heteroatoms. The number of nitrogens with zero attached hydrogens (tertiary/aromatic N) is 6. The number of nitrogens with one attached hydrogen (secondary N) is 2. The van der Waals surface area contributed by atoms with Crippen molar-refractivity contribution >= 4 is 65.7 Å². The quantitative estimate of drug-likeness (QED) is 0.253. The number of pyridine rings is 1. The highest BCUT2D eigenvalue weighted by Gasteiger charge is 2.40. The van der Waals surface area contributed by atoms with Gasteiger partial charge >= 0.3 is 0 Å². The third kappa shape index (κ3) is 6.06. The number of rotatable bonds is 10. The summed E-state index contributed by atoms with van der Waals surface area (Å²) in [5, 5.41) is 5.11. The number of carbonyl (C=O) groups is 1. The molecule has 2 N–H and O–H groups in total. The summed E-state index contributed by atoms with van der Waals surface area (Å²) >= 11 is 1.05. The number of sulfonamides is 2. The van der Waals surface area contributed by atoms with E-state index in [1.54, 1.807) is 34.2 Å². The van der Waals surface area contributed by atoms with E-state index in [0.29, 0.717) is 11.2 Å². The molecule has 46 heavy (non-hydrogen) atoms. The van der Waals surface area contributed by atoms with Crippen LogP contribution < -0.4 is 14.9 Å². The number of thiophene rings is 1. The van der Waals surface area contributed by atoms with Gasteiger partial charge in [0.1, 0.15) is 23.6 Å². The average molecular weight is 687 g/mol. The second kappa shape index (κ2) is 12.6. The lowest BCUT2D eigenvalue weighted by molar-refractivity contribution is -0.113. The third-order valence-electron chi connectivity index (χ3n) is 8.47. The standard InChI is InChI=1S/C29H34N8O6S3/c1-30-45(39,40)16-19-7-9-20(10-8-19)35(2)26-22-11-14-37(27(22)33-17-32-26)18-43-25-21-12-15-44-29(21)46(41,42)36(3)24(25)28(38)34-23-6-4-5-13-31-23/h4-6,11-15,17,19-20,30H,7-10,16,18H2,1-3H3,(H,31,34,38)/t19-,20-. The average Bonchev–Trinajstić information content (AvgIpc) is 3.71. The van der Waals surface area contributed by atoms with Gasteiger partial charge in [0, 0.05) is 32.5 Å². The van der Waals surface area contributed by atoms with Crippen molar-refractivity contribution in [3.05, 3.63) is 65.7 Å². The number of ether oxygens (including phenoxy) is 1. The first-order valence-corrected chi connectivity index (χ1v) is 18.6. The van der Waals surface area contributed by atoms with Crippen LogP contribution in [-0.4, -0.2) is 79.5 Å². The van der Waals surface area contributed by atoms with Gasteiger partial charge in [0.15, 0.2) is 22.4 Å². The monoisotopic (exact) mass is 686 g/mol. The number of carbonyl (C=O) groups excluding carboxylic acids is 1. The molecule has 2 aliphatic rings. The van der Waals surface area contributed by atoms with E-state index in [1.807, 2.05) is 19.3 Å². The summed E-state index contributed by atoms with van der Waals surface area (Å²) in [6.45, 7) is -0.0619. The molecular formula is C29H34N8O6S3. The van der Waals surface area contributed by atoms with Crippen LogP contribution in [0.3, 0.4) is 0 Å². The van der Waals surface area contributed by atoms with Gasteiger partial charge in [-0.1, -0.05) is 6.07 Å². The van der Waals surface area contributed by atoms with E-state index >= 15 is 0 Å². The highest BCUT2D eigenvalue weighted by atomic mass is 32.2. The molecule has 5 heterocycles. The van der Waals surface area contributed by atoms with Crippen LogP contribution in [0, 0.1) is 5.92 Å². The lowest BCUT2D eigenvalue weighted by Gasteiger charge is -2.35. The highest BCUT2D eigenvalue weighted by Crippen LogP contribution is 2.40. The third-order valence-corrected chi connectivity index (χ3v) is 13.2. The number of anilines is 2. The second-order valence-corrected chi connectivity index (χ2v) is 16.3. The molecule has 0 bridgehead atoms. The van der Waals surface area contributed by atoms with Crippen molar-refractivity contribution in [2.75, 3.05) is 37.1 Å². The predicted octanol–water partition coefficient (Wildman–Crippen LogP) is 3.05. The van der Waals surface area contributed by atoms with Crippen LogP contribution in [0.2, 0.25) is 0 Å². The molecule has 1 saturated carbocycles. The fourth-order valence-electron chi connectivity index (χ4n) is 5.96. The number of hydrogen-bond donors (Lipinski definition) is 2. The Bertz CT molecular complexity index is 2000. The van der Waals surface area contributed by atoms with Crippen molar-refractivity contribution in [3.8, 4) is 0 Å². The zero-order valence-electron chi connectivity index (χ0n) is 25.5. The molecule has 6 rings (SSSR count). The minimum atomic E-state index is -3.98. The molecule has 14 nitrogen and oxygen atoms in total. The molecule has 0 atom stereocenters. The lowest BCUT2D eigenvalue weighted by atomic mass is 9.86. The van der Waals surface area contributed by atoms with E-state index in [1.165, 1.54) is 26.6 Å². The van der Waals surface area contributed by atoms with E-state index in [4.69, 9.17) is 4.74 Å². The van der Waals surface area contributed by atoms with Gasteiger partial charge in [-0.3, -0.25) is 13.7 Å². The molecule has 4 aromatic rings. The van der Waals surface area contributed by atoms with Crippen molar-refractivity contribution in [2.45, 2.75) is 42.7 Å². The van der Waals surface area contributed by atoms with Crippen LogP contribution >= 0.6 is 11.3 Å². The maximum Gasteiger partial charge on any atom is 0.278 e. The predicted molar refractivity (Wildman–Crippen MR) is 175 cm³/mol. The van der Waals surface area contributed by atoms with Gasteiger partial charge in [0.05, 0.1) is 16.7 Å². The summed E-state index contributed by atoms with van der Waals surface area (Å²) in [6, 6.07) is 8.73. The van der Waals surface area contributed by atoms with Crippen LogP contribution in [-0.2, 0) is 36.3 Å². The van der Waals surface area contributed by atoms with Crippen molar-refractivity contribution in [2.24, 2.45) is 5.92 Å². The zero-order valence-corrected chi connectivity index (χ0v) is 27.9. The summed E-state index contributed by atoms with van der Waals surface area (Å²) in [5.41, 5.74) is 0.744. The van der Waals surface area contributed by atoms with Gasteiger partial charge in [-0.05, 0) is 68.3 Å². The van der Waals surface area contributed by atoms with Gasteiger partial charge in [-0.25, -0.2) is 36.5 Å². The number of hydrogen-bond acceptors (Lipinski definition) is 11. The second-order valence-electron chi connectivity index (χ2n) is 11.2. The van der Waals surface area contributed by atoms with E-state index < -0.39 is 26.0 Å². The minimum Gasteiger partial charge on any atom is -0.470 e. The van der Waals surface area contributed by atoms with Crippen LogP contribution in [0.5, 0.6) is 0 Å². The maximum absolute atomic E-state index is 13.5. The SMILES string of the molecule is CNS(=O)(=O)C[C@H]1CC[C@H](N(C)c2ncnc3c2ccn3COC2=C(C(=O)Nc3ccccn3)N(C)S(=O)(=O)c3sccc32)CC1. The molecule has 1 amide bonds. The molecule has 4 aromatic heterocycles. The Morgan fingerprint density at radius 2 is 1.91 bits per heavy atom. The Labute approximate surface area is 271 Å². The van der Waals surface area contributed by atoms with Crippen molar-refractivity contribution < 1.29 is 26.4 Å². The number of fused-ring (bicyclic) bond motifs is 2. The lowest BCUT2D eigenvalue weighted by Crippen LogP contribution is -2.38. The Morgan fingerprint density at radius 1 is 1.13 bits per heavy atom. The number of aromatic nitrogens is 4. The summed E-state index contributed by atoms with van der Waals surface area (Å²) in [6.07, 6.45) is 8.10. The van der Waals surface area contributed by atoms with E-state index in [-0.39, 0.29) is 45.9 Å². The summed E-state index contributed by atoms with van der Waals surface area (Å²) in [4.78, 5) is 28.8. The van der Waals surface area contributed by atoms with Crippen LogP contribution in [0.1, 0.15) is 31.2 Å². The smallest absolute Gasteiger partial charge is 0.278 e. The fourth-order valence-corrected chi connectivity index (χ4v) is 9.78. The molecule has 0 spiro atoms. The summed E-state index contributed by atoms with van der Waals surface area (Å²) < 4.78 is 62.1. The molecular weight excluding hydrogens is 653 g/mol. The Morgan fingerprint density at radius 3 is 2.63 bits per heavy atom. The number of likely N-dealkylation sites (N-methyl/N-ethyl adjacent to an activating group) is 1. The first-order valence-electron chi connectivity index (χ1n) is 14.6. The molecule has 0 aromatic carbocycles. The molecule has 0 saturated heterocycles. The molecule has 1 aliphatic carbocycles. The minimum absolute atomic E-state index is 0.0619.